The van der Waals surface area contributed by atoms with Gasteiger partial charge in [0.2, 0.25) is 5.91 Å². The normalized spacial score (nSPS) is 21.4. The van der Waals surface area contributed by atoms with Gasteiger partial charge in [-0.25, -0.2) is 0 Å². The number of hydrogen-bond acceptors (Lipinski definition) is 3. The molecule has 4 nitrogen and oxygen atoms in total. The molecule has 5 heteroatoms. The summed E-state index contributed by atoms with van der Waals surface area (Å²) in [6.07, 6.45) is 3.02. The number of halogens is 1. The number of benzene rings is 1. The maximum Gasteiger partial charge on any atom is 0.228 e. The number of para-hydroxylation sites is 1. The van der Waals surface area contributed by atoms with E-state index in [1.807, 2.05) is 35.2 Å². The lowest BCUT2D eigenvalue weighted by Gasteiger charge is -2.28. The van der Waals surface area contributed by atoms with Crippen LogP contribution in [0, 0.1) is 5.92 Å². The minimum atomic E-state index is 0. The summed E-state index contributed by atoms with van der Waals surface area (Å²) in [5, 5.41) is 3.35. The smallest absolute Gasteiger partial charge is 0.228 e. The van der Waals surface area contributed by atoms with E-state index in [1.165, 1.54) is 12.8 Å². The molecule has 1 unspecified atom stereocenters. The highest BCUT2D eigenvalue weighted by molar-refractivity contribution is 5.93. The summed E-state index contributed by atoms with van der Waals surface area (Å²) >= 11 is 0. The Kier molecular flexibility index (Phi) is 6.03. The highest BCUT2D eigenvalue weighted by Gasteiger charge is 2.29. The van der Waals surface area contributed by atoms with Crippen molar-refractivity contribution in [3.05, 3.63) is 30.3 Å². The van der Waals surface area contributed by atoms with Gasteiger partial charge in [0, 0.05) is 31.2 Å². The van der Waals surface area contributed by atoms with E-state index < -0.39 is 0 Å². The molecule has 1 aromatic rings. The van der Waals surface area contributed by atoms with Crippen LogP contribution in [-0.4, -0.2) is 38.3 Å². The summed E-state index contributed by atoms with van der Waals surface area (Å²) in [5.74, 6) is 0.890. The lowest BCUT2D eigenvalue weighted by Crippen LogP contribution is -2.45. The van der Waals surface area contributed by atoms with Crippen LogP contribution in [0.2, 0.25) is 0 Å². The second-order valence-electron chi connectivity index (χ2n) is 5.71. The van der Waals surface area contributed by atoms with Crippen molar-refractivity contribution in [2.75, 3.05) is 31.2 Å². The molecule has 1 saturated heterocycles. The van der Waals surface area contributed by atoms with Gasteiger partial charge in [-0.15, -0.1) is 12.4 Å². The van der Waals surface area contributed by atoms with Gasteiger partial charge in [-0.1, -0.05) is 18.2 Å². The van der Waals surface area contributed by atoms with Gasteiger partial charge in [-0.2, -0.15) is 0 Å². The highest BCUT2D eigenvalue weighted by atomic mass is 35.5. The van der Waals surface area contributed by atoms with E-state index in [-0.39, 0.29) is 24.4 Å². The average Bonchev–Trinajstić information content (AvgIpc) is 3.31. The van der Waals surface area contributed by atoms with Gasteiger partial charge in [-0.05, 0) is 30.9 Å². The van der Waals surface area contributed by atoms with Crippen LogP contribution < -0.4 is 10.2 Å². The molecule has 116 valence electrons. The Balaban J connectivity index is 0.00000161. The second kappa shape index (κ2) is 7.78. The van der Waals surface area contributed by atoms with E-state index in [1.54, 1.807) is 0 Å². The Morgan fingerprint density at radius 3 is 2.67 bits per heavy atom. The molecule has 3 rings (SSSR count). The Morgan fingerprint density at radius 2 is 2.05 bits per heavy atom. The number of carbonyl (C=O) groups excluding carboxylic acids is 1. The molecule has 0 bridgehead atoms. The van der Waals surface area contributed by atoms with E-state index in [2.05, 4.69) is 5.32 Å². The molecule has 1 amide bonds. The molecule has 1 N–H and O–H groups in total. The monoisotopic (exact) mass is 310 g/mol. The number of anilines is 1. The van der Waals surface area contributed by atoms with Crippen LogP contribution in [-0.2, 0) is 9.53 Å². The van der Waals surface area contributed by atoms with Crippen molar-refractivity contribution in [2.45, 2.75) is 25.3 Å². The number of carbonyl (C=O) groups is 1. The van der Waals surface area contributed by atoms with Crippen LogP contribution in [0.5, 0.6) is 0 Å². The minimum absolute atomic E-state index is 0. The van der Waals surface area contributed by atoms with Gasteiger partial charge in [0.05, 0.1) is 13.2 Å². The van der Waals surface area contributed by atoms with Crippen molar-refractivity contribution >= 4 is 24.0 Å². The molecule has 1 aromatic carbocycles. The Hall–Kier alpha value is -1.10. The molecule has 1 atom stereocenters. The van der Waals surface area contributed by atoms with Crippen LogP contribution in [0.3, 0.4) is 0 Å². The Bertz CT molecular complexity index is 445. The molecule has 1 aliphatic heterocycles. The maximum absolute atomic E-state index is 12.6. The third-order valence-electron chi connectivity index (χ3n) is 3.93. The van der Waals surface area contributed by atoms with Gasteiger partial charge in [0.25, 0.3) is 0 Å². The molecule has 2 fully saturated rings. The van der Waals surface area contributed by atoms with Crippen LogP contribution >= 0.6 is 12.4 Å². The van der Waals surface area contributed by atoms with Crippen molar-refractivity contribution in [2.24, 2.45) is 5.92 Å². The van der Waals surface area contributed by atoms with Crippen LogP contribution in [0.1, 0.15) is 19.3 Å². The Labute approximate surface area is 132 Å². The lowest BCUT2D eigenvalue weighted by atomic mass is 10.1. The van der Waals surface area contributed by atoms with Gasteiger partial charge >= 0.3 is 0 Å². The lowest BCUT2D eigenvalue weighted by molar-refractivity contribution is -0.119. The largest absolute Gasteiger partial charge is 0.378 e. The SMILES string of the molecule is Cl.O=C(CC1COCCN1)N(CC1CC1)c1ccccc1. The predicted octanol–water partition coefficient (Wildman–Crippen LogP) is 2.23. The first kappa shape index (κ1) is 16.3. The summed E-state index contributed by atoms with van der Waals surface area (Å²) in [5.41, 5.74) is 1.01. The number of amides is 1. The quantitative estimate of drug-likeness (QED) is 0.907. The van der Waals surface area contributed by atoms with E-state index in [4.69, 9.17) is 4.74 Å². The fraction of sp³-hybridized carbons (Fsp3) is 0.562. The molecule has 0 radical (unpaired) electrons. The van der Waals surface area contributed by atoms with Crippen LogP contribution in [0.25, 0.3) is 0 Å². The molecule has 0 spiro atoms. The average molecular weight is 311 g/mol. The molecule has 0 aromatic heterocycles. The minimum Gasteiger partial charge on any atom is -0.378 e. The van der Waals surface area contributed by atoms with Gasteiger partial charge < -0.3 is 15.0 Å². The zero-order chi connectivity index (χ0) is 13.8. The first-order valence-corrected chi connectivity index (χ1v) is 7.49. The van der Waals surface area contributed by atoms with Crippen molar-refractivity contribution in [3.63, 3.8) is 0 Å². The molecule has 21 heavy (non-hydrogen) atoms. The molecular weight excluding hydrogens is 288 g/mol. The van der Waals surface area contributed by atoms with Gasteiger partial charge in [0.15, 0.2) is 0 Å². The summed E-state index contributed by atoms with van der Waals surface area (Å²) in [6.45, 7) is 3.08. The standard InChI is InChI=1S/C16H22N2O2.ClH/c19-16(10-14-12-20-9-8-17-14)18(11-13-6-7-13)15-4-2-1-3-5-15;/h1-5,13-14,17H,6-12H2;1H. The first-order chi connectivity index (χ1) is 9.83. The Morgan fingerprint density at radius 1 is 1.29 bits per heavy atom. The van der Waals surface area contributed by atoms with E-state index in [0.717, 1.165) is 25.4 Å². The van der Waals surface area contributed by atoms with Gasteiger partial charge in [-0.3, -0.25) is 4.79 Å². The van der Waals surface area contributed by atoms with Crippen molar-refractivity contribution in [1.29, 1.82) is 0 Å². The highest BCUT2D eigenvalue weighted by Crippen LogP contribution is 2.31. The molecule has 1 aliphatic carbocycles. The summed E-state index contributed by atoms with van der Waals surface area (Å²) in [6, 6.07) is 10.2. The van der Waals surface area contributed by atoms with Crippen LogP contribution in [0.15, 0.2) is 30.3 Å². The number of morpholine rings is 1. The first-order valence-electron chi connectivity index (χ1n) is 7.49. The molecule has 2 aliphatic rings. The van der Waals surface area contributed by atoms with Gasteiger partial charge in [0.1, 0.15) is 0 Å². The third-order valence-corrected chi connectivity index (χ3v) is 3.93. The second-order valence-corrected chi connectivity index (χ2v) is 5.71. The zero-order valence-electron chi connectivity index (χ0n) is 12.2. The van der Waals surface area contributed by atoms with E-state index in [9.17, 15) is 4.79 Å². The zero-order valence-corrected chi connectivity index (χ0v) is 13.0. The predicted molar refractivity (Wildman–Crippen MR) is 86.0 cm³/mol. The van der Waals surface area contributed by atoms with E-state index >= 15 is 0 Å². The van der Waals surface area contributed by atoms with Crippen molar-refractivity contribution in [1.82, 2.24) is 5.32 Å². The fourth-order valence-corrected chi connectivity index (χ4v) is 2.59. The third kappa shape index (κ3) is 4.70. The molecule has 1 saturated carbocycles. The number of ether oxygens (including phenoxy) is 1. The van der Waals surface area contributed by atoms with Crippen molar-refractivity contribution in [3.8, 4) is 0 Å². The summed E-state index contributed by atoms with van der Waals surface area (Å²) in [7, 11) is 0. The number of nitrogens with zero attached hydrogens (tertiary/aromatic N) is 1. The van der Waals surface area contributed by atoms with Crippen molar-refractivity contribution < 1.29 is 9.53 Å². The number of nitrogens with one attached hydrogen (secondary N) is 1. The molecule has 1 heterocycles. The topological polar surface area (TPSA) is 41.6 Å². The summed E-state index contributed by atoms with van der Waals surface area (Å²) < 4.78 is 5.43. The summed E-state index contributed by atoms with van der Waals surface area (Å²) in [4.78, 5) is 14.6. The number of rotatable bonds is 5. The maximum atomic E-state index is 12.6. The fourth-order valence-electron chi connectivity index (χ4n) is 2.59. The van der Waals surface area contributed by atoms with E-state index in [0.29, 0.717) is 18.9 Å². The van der Waals surface area contributed by atoms with Crippen LogP contribution in [0.4, 0.5) is 5.69 Å². The number of hydrogen-bond donors (Lipinski definition) is 1. The molecular formula is C16H23ClN2O2.